The Kier molecular flexibility index (Phi) is 7.33. The SMILES string of the molecule is O=C(O)CNC(=O)c1c(O)n(CCC2CCCCC2)c(=O)n(C2CCCCC2)c1=O. The van der Waals surface area contributed by atoms with Crippen LogP contribution in [-0.4, -0.2) is 37.8 Å². The van der Waals surface area contributed by atoms with Gasteiger partial charge in [-0.05, 0) is 25.2 Å². The first-order valence-electron chi connectivity index (χ1n) is 11.0. The maximum absolute atomic E-state index is 13.2. The number of aromatic hydroxyl groups is 1. The summed E-state index contributed by atoms with van der Waals surface area (Å²) in [6, 6.07) is -0.314. The monoisotopic (exact) mass is 421 g/mol. The first-order chi connectivity index (χ1) is 14.4. The molecule has 1 aromatic heterocycles. The molecule has 0 unspecified atom stereocenters. The van der Waals surface area contributed by atoms with E-state index in [9.17, 15) is 24.3 Å². The zero-order chi connectivity index (χ0) is 21.7. The van der Waals surface area contributed by atoms with Gasteiger partial charge in [-0.15, -0.1) is 0 Å². The Morgan fingerprint density at radius 3 is 2.17 bits per heavy atom. The number of nitrogens with zero attached hydrogens (tertiary/aromatic N) is 2. The maximum atomic E-state index is 13.2. The fraction of sp³-hybridized carbons (Fsp3) is 0.714. The molecule has 0 aliphatic heterocycles. The highest BCUT2D eigenvalue weighted by molar-refractivity contribution is 5.97. The highest BCUT2D eigenvalue weighted by Gasteiger charge is 2.29. The lowest BCUT2D eigenvalue weighted by Gasteiger charge is -2.26. The van der Waals surface area contributed by atoms with Crippen LogP contribution in [0.25, 0.3) is 0 Å². The number of carbonyl (C=O) groups excluding carboxylic acids is 1. The second kappa shape index (κ2) is 9.95. The van der Waals surface area contributed by atoms with Crippen molar-refractivity contribution in [3.8, 4) is 5.88 Å². The molecule has 1 aromatic rings. The number of aliphatic carboxylic acids is 1. The number of carbonyl (C=O) groups is 2. The summed E-state index contributed by atoms with van der Waals surface area (Å²) in [5.41, 5.74) is -1.98. The zero-order valence-electron chi connectivity index (χ0n) is 17.3. The van der Waals surface area contributed by atoms with E-state index in [0.717, 1.165) is 54.1 Å². The van der Waals surface area contributed by atoms with Crippen molar-refractivity contribution >= 4 is 11.9 Å². The normalized spacial score (nSPS) is 18.3. The summed E-state index contributed by atoms with van der Waals surface area (Å²) in [5, 5.41) is 21.6. The van der Waals surface area contributed by atoms with Gasteiger partial charge in [-0.25, -0.2) is 4.79 Å². The summed E-state index contributed by atoms with van der Waals surface area (Å²) >= 11 is 0. The third-order valence-electron chi connectivity index (χ3n) is 6.40. The number of amides is 1. The number of nitrogens with one attached hydrogen (secondary N) is 1. The van der Waals surface area contributed by atoms with Gasteiger partial charge in [0.2, 0.25) is 5.88 Å². The molecule has 2 aliphatic rings. The van der Waals surface area contributed by atoms with Crippen molar-refractivity contribution in [1.82, 2.24) is 14.5 Å². The van der Waals surface area contributed by atoms with Gasteiger partial charge in [0, 0.05) is 12.6 Å². The molecule has 0 saturated heterocycles. The number of hydrogen-bond acceptors (Lipinski definition) is 5. The average Bonchev–Trinajstić information content (AvgIpc) is 2.73. The molecule has 3 N–H and O–H groups in total. The molecule has 1 amide bonds. The van der Waals surface area contributed by atoms with Crippen LogP contribution in [0.1, 0.15) is 87.0 Å². The molecular formula is C21H31N3O6. The molecule has 0 atom stereocenters. The van der Waals surface area contributed by atoms with Crippen LogP contribution in [0.15, 0.2) is 9.59 Å². The van der Waals surface area contributed by atoms with Crippen molar-refractivity contribution in [2.45, 2.75) is 83.2 Å². The van der Waals surface area contributed by atoms with Gasteiger partial charge in [-0.3, -0.25) is 23.5 Å². The van der Waals surface area contributed by atoms with E-state index in [1.807, 2.05) is 0 Å². The Morgan fingerprint density at radius 1 is 0.967 bits per heavy atom. The van der Waals surface area contributed by atoms with Crippen LogP contribution in [0.5, 0.6) is 5.88 Å². The van der Waals surface area contributed by atoms with Gasteiger partial charge in [0.15, 0.2) is 5.56 Å². The molecule has 0 bridgehead atoms. The first kappa shape index (κ1) is 22.1. The molecule has 166 valence electrons. The molecular weight excluding hydrogens is 390 g/mol. The molecule has 30 heavy (non-hydrogen) atoms. The molecule has 9 heteroatoms. The summed E-state index contributed by atoms with van der Waals surface area (Å²) in [5.74, 6) is -2.46. The first-order valence-corrected chi connectivity index (χ1v) is 11.0. The van der Waals surface area contributed by atoms with Crippen LogP contribution in [0.2, 0.25) is 0 Å². The van der Waals surface area contributed by atoms with E-state index in [2.05, 4.69) is 5.32 Å². The van der Waals surface area contributed by atoms with Crippen molar-refractivity contribution in [3.63, 3.8) is 0 Å². The third-order valence-corrected chi connectivity index (χ3v) is 6.40. The largest absolute Gasteiger partial charge is 0.494 e. The molecule has 1 heterocycles. The van der Waals surface area contributed by atoms with Gasteiger partial charge in [0.1, 0.15) is 6.54 Å². The van der Waals surface area contributed by atoms with Gasteiger partial charge < -0.3 is 15.5 Å². The van der Waals surface area contributed by atoms with E-state index in [4.69, 9.17) is 5.11 Å². The van der Waals surface area contributed by atoms with E-state index in [1.54, 1.807) is 0 Å². The van der Waals surface area contributed by atoms with Crippen LogP contribution >= 0.6 is 0 Å². The Labute approximate surface area is 174 Å². The fourth-order valence-electron chi connectivity index (χ4n) is 4.75. The number of hydrogen-bond donors (Lipinski definition) is 3. The summed E-state index contributed by atoms with van der Waals surface area (Å²) in [6.07, 6.45) is 10.5. The number of carboxylic acid groups (broad SMARTS) is 1. The van der Waals surface area contributed by atoms with Crippen LogP contribution in [0.4, 0.5) is 0 Å². The fourth-order valence-corrected chi connectivity index (χ4v) is 4.75. The van der Waals surface area contributed by atoms with Crippen LogP contribution in [0.3, 0.4) is 0 Å². The minimum atomic E-state index is -1.26. The summed E-state index contributed by atoms with van der Waals surface area (Å²) in [4.78, 5) is 49.5. The second-order valence-electron chi connectivity index (χ2n) is 8.47. The Morgan fingerprint density at radius 2 is 1.57 bits per heavy atom. The summed E-state index contributed by atoms with van der Waals surface area (Å²) in [6.45, 7) is -0.454. The lowest BCUT2D eigenvalue weighted by molar-refractivity contribution is -0.135. The lowest BCUT2D eigenvalue weighted by Crippen LogP contribution is -2.47. The molecule has 2 fully saturated rings. The predicted molar refractivity (Wildman–Crippen MR) is 110 cm³/mol. The minimum absolute atomic E-state index is 0.224. The molecule has 3 rings (SSSR count). The quantitative estimate of drug-likeness (QED) is 0.617. The van der Waals surface area contributed by atoms with Crippen LogP contribution < -0.4 is 16.6 Å². The highest BCUT2D eigenvalue weighted by Crippen LogP contribution is 2.28. The van der Waals surface area contributed by atoms with Gasteiger partial charge in [0.25, 0.3) is 11.5 Å². The van der Waals surface area contributed by atoms with E-state index >= 15 is 0 Å². The Balaban J connectivity index is 1.99. The number of aromatic nitrogens is 2. The average molecular weight is 421 g/mol. The molecule has 2 saturated carbocycles. The topological polar surface area (TPSA) is 131 Å². The van der Waals surface area contributed by atoms with Crippen molar-refractivity contribution in [2.75, 3.05) is 6.54 Å². The Bertz CT molecular complexity index is 891. The van der Waals surface area contributed by atoms with E-state index in [0.29, 0.717) is 25.2 Å². The van der Waals surface area contributed by atoms with E-state index in [-0.39, 0.29) is 12.6 Å². The summed E-state index contributed by atoms with van der Waals surface area (Å²) < 4.78 is 2.23. The predicted octanol–water partition coefficient (Wildman–Crippen LogP) is 2.01. The minimum Gasteiger partial charge on any atom is -0.494 e. The standard InChI is InChI=1S/C21H31N3O6/c25-16(26)13-22-18(27)17-19(28)23(12-11-14-7-3-1-4-8-14)21(30)24(20(17)29)15-9-5-2-6-10-15/h14-15,28H,1-13H2,(H,22,27)(H,25,26). The van der Waals surface area contributed by atoms with Gasteiger partial charge in [-0.2, -0.15) is 0 Å². The number of carboxylic acids is 1. The van der Waals surface area contributed by atoms with Crippen molar-refractivity contribution in [1.29, 1.82) is 0 Å². The van der Waals surface area contributed by atoms with Crippen LogP contribution in [-0.2, 0) is 11.3 Å². The van der Waals surface area contributed by atoms with Gasteiger partial charge in [0.05, 0.1) is 0 Å². The van der Waals surface area contributed by atoms with Gasteiger partial charge in [-0.1, -0.05) is 51.4 Å². The third kappa shape index (κ3) is 4.94. The second-order valence-corrected chi connectivity index (χ2v) is 8.47. The van der Waals surface area contributed by atoms with E-state index < -0.39 is 41.1 Å². The molecule has 0 spiro atoms. The molecule has 9 nitrogen and oxygen atoms in total. The smallest absolute Gasteiger partial charge is 0.334 e. The van der Waals surface area contributed by atoms with Gasteiger partial charge >= 0.3 is 11.7 Å². The zero-order valence-corrected chi connectivity index (χ0v) is 17.3. The maximum Gasteiger partial charge on any atom is 0.334 e. The summed E-state index contributed by atoms with van der Waals surface area (Å²) in [7, 11) is 0. The number of rotatable bonds is 7. The highest BCUT2D eigenvalue weighted by atomic mass is 16.4. The van der Waals surface area contributed by atoms with Crippen LogP contribution in [0, 0.1) is 5.92 Å². The van der Waals surface area contributed by atoms with Crippen molar-refractivity contribution in [2.24, 2.45) is 5.92 Å². The molecule has 2 aliphatic carbocycles. The van der Waals surface area contributed by atoms with Crippen molar-refractivity contribution in [3.05, 3.63) is 26.4 Å². The lowest BCUT2D eigenvalue weighted by atomic mass is 9.87. The van der Waals surface area contributed by atoms with Crippen molar-refractivity contribution < 1.29 is 19.8 Å². The van der Waals surface area contributed by atoms with E-state index in [1.165, 1.54) is 6.42 Å². The molecule has 0 radical (unpaired) electrons. The Hall–Kier alpha value is -2.58. The molecule has 0 aromatic carbocycles.